The lowest BCUT2D eigenvalue weighted by atomic mass is 9.97. The molecule has 17 heavy (non-hydrogen) atoms. The van der Waals surface area contributed by atoms with Crippen molar-refractivity contribution in [2.24, 2.45) is 5.92 Å². The Morgan fingerprint density at radius 1 is 1.35 bits per heavy atom. The van der Waals surface area contributed by atoms with Gasteiger partial charge in [0, 0.05) is 24.7 Å². The fourth-order valence-electron chi connectivity index (χ4n) is 2.46. The second-order valence-corrected chi connectivity index (χ2v) is 5.64. The summed E-state index contributed by atoms with van der Waals surface area (Å²) in [6.07, 6.45) is 2.34. The standard InChI is InChI=1S/C14H30N2O/c1-6-8-15-13-7-9-17-10-14(13)16(5)12(4)11(2)3/h11-15H,6-10H2,1-5H3. The van der Waals surface area contributed by atoms with E-state index in [9.17, 15) is 0 Å². The van der Waals surface area contributed by atoms with E-state index in [-0.39, 0.29) is 0 Å². The van der Waals surface area contributed by atoms with Gasteiger partial charge in [0.25, 0.3) is 0 Å². The molecule has 0 saturated carbocycles. The van der Waals surface area contributed by atoms with Gasteiger partial charge >= 0.3 is 0 Å². The van der Waals surface area contributed by atoms with E-state index in [2.05, 4.69) is 45.0 Å². The molecule has 0 aromatic rings. The molecule has 0 amide bonds. The maximum atomic E-state index is 5.66. The van der Waals surface area contributed by atoms with Crippen molar-refractivity contribution in [1.82, 2.24) is 10.2 Å². The van der Waals surface area contributed by atoms with Crippen LogP contribution in [0.2, 0.25) is 0 Å². The number of rotatable bonds is 6. The third kappa shape index (κ3) is 4.23. The number of hydrogen-bond donors (Lipinski definition) is 1. The molecule has 0 bridgehead atoms. The first-order valence-corrected chi connectivity index (χ1v) is 7.11. The maximum absolute atomic E-state index is 5.66. The largest absolute Gasteiger partial charge is 0.380 e. The van der Waals surface area contributed by atoms with Gasteiger partial charge in [0.15, 0.2) is 0 Å². The minimum atomic E-state index is 0.521. The van der Waals surface area contributed by atoms with Gasteiger partial charge in [-0.2, -0.15) is 0 Å². The van der Waals surface area contributed by atoms with Gasteiger partial charge in [-0.15, -0.1) is 0 Å². The first-order valence-electron chi connectivity index (χ1n) is 7.11. The molecule has 3 nitrogen and oxygen atoms in total. The molecule has 1 heterocycles. The minimum Gasteiger partial charge on any atom is -0.380 e. The van der Waals surface area contributed by atoms with Gasteiger partial charge in [0.2, 0.25) is 0 Å². The van der Waals surface area contributed by atoms with E-state index < -0.39 is 0 Å². The summed E-state index contributed by atoms with van der Waals surface area (Å²) < 4.78 is 5.66. The summed E-state index contributed by atoms with van der Waals surface area (Å²) in [5.41, 5.74) is 0. The van der Waals surface area contributed by atoms with Gasteiger partial charge < -0.3 is 10.1 Å². The van der Waals surface area contributed by atoms with E-state index >= 15 is 0 Å². The van der Waals surface area contributed by atoms with Gasteiger partial charge in [0.05, 0.1) is 6.61 Å². The number of likely N-dealkylation sites (N-methyl/N-ethyl adjacent to an activating group) is 1. The van der Waals surface area contributed by atoms with Gasteiger partial charge in [0.1, 0.15) is 0 Å². The maximum Gasteiger partial charge on any atom is 0.0637 e. The van der Waals surface area contributed by atoms with Crippen LogP contribution in [-0.4, -0.2) is 49.8 Å². The summed E-state index contributed by atoms with van der Waals surface area (Å²) in [5, 5.41) is 3.67. The van der Waals surface area contributed by atoms with E-state index in [0.717, 1.165) is 26.2 Å². The molecule has 1 aliphatic rings. The zero-order chi connectivity index (χ0) is 12.8. The molecular formula is C14H30N2O. The van der Waals surface area contributed by atoms with Crippen molar-refractivity contribution in [3.8, 4) is 0 Å². The number of nitrogens with one attached hydrogen (secondary N) is 1. The molecule has 0 spiro atoms. The quantitative estimate of drug-likeness (QED) is 0.772. The summed E-state index contributed by atoms with van der Waals surface area (Å²) in [6.45, 7) is 12.0. The van der Waals surface area contributed by atoms with E-state index in [1.54, 1.807) is 0 Å². The van der Waals surface area contributed by atoms with Gasteiger partial charge in [-0.05, 0) is 39.3 Å². The Hall–Kier alpha value is -0.120. The van der Waals surface area contributed by atoms with Gasteiger partial charge in [-0.25, -0.2) is 0 Å². The summed E-state index contributed by atoms with van der Waals surface area (Å²) in [6, 6.07) is 1.72. The average molecular weight is 242 g/mol. The molecule has 102 valence electrons. The lowest BCUT2D eigenvalue weighted by Gasteiger charge is -2.42. The lowest BCUT2D eigenvalue weighted by molar-refractivity contribution is -0.0124. The summed E-state index contributed by atoms with van der Waals surface area (Å²) in [5.74, 6) is 0.689. The molecule has 3 heteroatoms. The van der Waals surface area contributed by atoms with Gasteiger partial charge in [-0.1, -0.05) is 20.8 Å². The van der Waals surface area contributed by atoms with Crippen molar-refractivity contribution in [2.75, 3.05) is 26.8 Å². The number of ether oxygens (including phenoxy) is 1. The molecule has 1 N–H and O–H groups in total. The fourth-order valence-corrected chi connectivity index (χ4v) is 2.46. The normalized spacial score (nSPS) is 27.7. The summed E-state index contributed by atoms with van der Waals surface area (Å²) in [4.78, 5) is 2.50. The van der Waals surface area contributed by atoms with Crippen molar-refractivity contribution in [3.05, 3.63) is 0 Å². The lowest BCUT2D eigenvalue weighted by Crippen LogP contribution is -2.57. The van der Waals surface area contributed by atoms with Crippen LogP contribution in [-0.2, 0) is 4.74 Å². The highest BCUT2D eigenvalue weighted by Gasteiger charge is 2.31. The van der Waals surface area contributed by atoms with Crippen molar-refractivity contribution >= 4 is 0 Å². The van der Waals surface area contributed by atoms with Crippen LogP contribution in [0.3, 0.4) is 0 Å². The highest BCUT2D eigenvalue weighted by Crippen LogP contribution is 2.18. The first kappa shape index (κ1) is 14.9. The Bertz CT molecular complexity index is 208. The van der Waals surface area contributed by atoms with Crippen LogP contribution in [0.25, 0.3) is 0 Å². The first-order chi connectivity index (χ1) is 8.07. The Morgan fingerprint density at radius 2 is 2.06 bits per heavy atom. The molecule has 0 aliphatic carbocycles. The van der Waals surface area contributed by atoms with Crippen LogP contribution < -0.4 is 5.32 Å². The Kier molecular flexibility index (Phi) is 6.45. The minimum absolute atomic E-state index is 0.521. The molecule has 1 fully saturated rings. The molecule has 3 atom stereocenters. The Balaban J connectivity index is 2.56. The third-order valence-corrected chi connectivity index (χ3v) is 4.11. The van der Waals surface area contributed by atoms with E-state index in [1.165, 1.54) is 6.42 Å². The molecule has 0 radical (unpaired) electrons. The van der Waals surface area contributed by atoms with Crippen LogP contribution in [0.5, 0.6) is 0 Å². The Labute approximate surface area is 107 Å². The van der Waals surface area contributed by atoms with Crippen LogP contribution in [0, 0.1) is 5.92 Å². The molecular weight excluding hydrogens is 212 g/mol. The molecule has 0 aromatic heterocycles. The van der Waals surface area contributed by atoms with Crippen LogP contribution in [0.15, 0.2) is 0 Å². The monoisotopic (exact) mass is 242 g/mol. The highest BCUT2D eigenvalue weighted by atomic mass is 16.5. The van der Waals surface area contributed by atoms with Crippen molar-refractivity contribution in [2.45, 2.75) is 58.7 Å². The smallest absolute Gasteiger partial charge is 0.0637 e. The summed E-state index contributed by atoms with van der Waals surface area (Å²) in [7, 11) is 2.24. The van der Waals surface area contributed by atoms with Crippen molar-refractivity contribution in [1.29, 1.82) is 0 Å². The number of hydrogen-bond acceptors (Lipinski definition) is 3. The Morgan fingerprint density at radius 3 is 2.65 bits per heavy atom. The predicted octanol–water partition coefficient (Wildman–Crippen LogP) is 2.12. The average Bonchev–Trinajstić information content (AvgIpc) is 2.34. The SMILES string of the molecule is CCCNC1CCOCC1N(C)C(C)C(C)C. The second-order valence-electron chi connectivity index (χ2n) is 5.64. The highest BCUT2D eigenvalue weighted by molar-refractivity contribution is 4.88. The zero-order valence-electron chi connectivity index (χ0n) is 12.2. The van der Waals surface area contributed by atoms with E-state index in [1.807, 2.05) is 0 Å². The molecule has 1 saturated heterocycles. The van der Waals surface area contributed by atoms with E-state index in [0.29, 0.717) is 24.0 Å². The second kappa shape index (κ2) is 7.34. The molecule has 1 aliphatic heterocycles. The van der Waals surface area contributed by atoms with Crippen LogP contribution in [0.4, 0.5) is 0 Å². The predicted molar refractivity (Wildman–Crippen MR) is 73.4 cm³/mol. The molecule has 3 unspecified atom stereocenters. The van der Waals surface area contributed by atoms with Crippen molar-refractivity contribution < 1.29 is 4.74 Å². The van der Waals surface area contributed by atoms with Crippen LogP contribution >= 0.6 is 0 Å². The van der Waals surface area contributed by atoms with Crippen molar-refractivity contribution in [3.63, 3.8) is 0 Å². The molecule has 0 aromatic carbocycles. The molecule has 1 rings (SSSR count). The zero-order valence-corrected chi connectivity index (χ0v) is 12.2. The summed E-state index contributed by atoms with van der Waals surface area (Å²) >= 11 is 0. The third-order valence-electron chi connectivity index (χ3n) is 4.11. The number of nitrogens with zero attached hydrogens (tertiary/aromatic N) is 1. The van der Waals surface area contributed by atoms with Gasteiger partial charge in [-0.3, -0.25) is 4.90 Å². The van der Waals surface area contributed by atoms with E-state index in [4.69, 9.17) is 4.74 Å². The van der Waals surface area contributed by atoms with Crippen LogP contribution in [0.1, 0.15) is 40.5 Å². The topological polar surface area (TPSA) is 24.5 Å². The fraction of sp³-hybridized carbons (Fsp3) is 1.00.